The maximum Gasteiger partial charge on any atom is 0.130 e. The first-order valence-electron chi connectivity index (χ1n) is 5.61. The third-order valence-electron chi connectivity index (χ3n) is 2.28. The van der Waals surface area contributed by atoms with E-state index in [1.807, 2.05) is 42.5 Å². The summed E-state index contributed by atoms with van der Waals surface area (Å²) in [4.78, 5) is 4.18. The van der Waals surface area contributed by atoms with Crippen LogP contribution in [0.2, 0.25) is 0 Å². The molecule has 18 heavy (non-hydrogen) atoms. The molecule has 2 rings (SSSR count). The molecule has 0 bridgehead atoms. The molecule has 0 saturated carbocycles. The van der Waals surface area contributed by atoms with E-state index in [0.717, 1.165) is 17.0 Å². The van der Waals surface area contributed by atoms with Gasteiger partial charge in [-0.25, -0.2) is 0 Å². The normalized spacial score (nSPS) is 9.39. The molecule has 0 aliphatic rings. The zero-order chi connectivity index (χ0) is 12.6. The molecule has 0 fully saturated rings. The second-order valence-electron chi connectivity index (χ2n) is 3.59. The van der Waals surface area contributed by atoms with E-state index >= 15 is 0 Å². The van der Waals surface area contributed by atoms with Crippen LogP contribution in [0.1, 0.15) is 11.3 Å². The first kappa shape index (κ1) is 12.2. The van der Waals surface area contributed by atoms with Crippen LogP contribution in [0.3, 0.4) is 0 Å². The van der Waals surface area contributed by atoms with E-state index in [9.17, 15) is 0 Å². The van der Waals surface area contributed by atoms with Gasteiger partial charge in [-0.05, 0) is 36.4 Å². The molecule has 1 heterocycles. The van der Waals surface area contributed by atoms with E-state index in [2.05, 4.69) is 16.8 Å². The molecule has 0 aliphatic heterocycles. The van der Waals surface area contributed by atoms with Crippen molar-refractivity contribution in [3.05, 3.63) is 59.9 Å². The van der Waals surface area contributed by atoms with Gasteiger partial charge in [0.05, 0.1) is 5.69 Å². The summed E-state index contributed by atoms with van der Waals surface area (Å²) in [5, 5.41) is 8.59. The van der Waals surface area contributed by atoms with Gasteiger partial charge >= 0.3 is 0 Å². The third kappa shape index (κ3) is 3.62. The van der Waals surface area contributed by atoms with Gasteiger partial charge in [0.15, 0.2) is 0 Å². The molecule has 3 nitrogen and oxygen atoms in total. The van der Waals surface area contributed by atoms with Crippen LogP contribution >= 0.6 is 0 Å². The predicted octanol–water partition coefficient (Wildman–Crippen LogP) is 2.00. The number of aliphatic hydroxyl groups is 1. The summed E-state index contributed by atoms with van der Waals surface area (Å²) in [7, 11) is 0. The summed E-state index contributed by atoms with van der Waals surface area (Å²) in [6.07, 6.45) is 1.74. The molecule has 0 spiro atoms. The summed E-state index contributed by atoms with van der Waals surface area (Å²) in [5.41, 5.74) is 1.75. The monoisotopic (exact) mass is 239 g/mol. The number of benzene rings is 1. The minimum absolute atomic E-state index is 0.127. The Bertz CT molecular complexity index is 538. The van der Waals surface area contributed by atoms with Crippen molar-refractivity contribution in [3.8, 4) is 17.6 Å². The van der Waals surface area contributed by atoms with Crippen LogP contribution in [-0.4, -0.2) is 16.7 Å². The first-order valence-corrected chi connectivity index (χ1v) is 5.61. The average molecular weight is 239 g/mol. The predicted molar refractivity (Wildman–Crippen MR) is 69.0 cm³/mol. The van der Waals surface area contributed by atoms with Crippen LogP contribution in [0, 0.1) is 11.8 Å². The van der Waals surface area contributed by atoms with Gasteiger partial charge in [0.1, 0.15) is 19.0 Å². The van der Waals surface area contributed by atoms with E-state index in [4.69, 9.17) is 9.84 Å². The SMILES string of the molecule is OCC#Cc1ccc(OCc2ccccn2)cc1. The fraction of sp³-hybridized carbons (Fsp3) is 0.133. The highest BCUT2D eigenvalue weighted by Crippen LogP contribution is 2.13. The number of hydrogen-bond acceptors (Lipinski definition) is 3. The van der Waals surface area contributed by atoms with E-state index in [1.54, 1.807) is 6.20 Å². The van der Waals surface area contributed by atoms with Gasteiger partial charge in [-0.15, -0.1) is 0 Å². The summed E-state index contributed by atoms with van der Waals surface area (Å²) in [6.45, 7) is 0.320. The van der Waals surface area contributed by atoms with Crippen LogP contribution < -0.4 is 4.74 Å². The average Bonchev–Trinajstić information content (AvgIpc) is 2.45. The van der Waals surface area contributed by atoms with Gasteiger partial charge in [-0.2, -0.15) is 0 Å². The largest absolute Gasteiger partial charge is 0.487 e. The van der Waals surface area contributed by atoms with Crippen LogP contribution in [-0.2, 0) is 6.61 Å². The number of aromatic nitrogens is 1. The van der Waals surface area contributed by atoms with Crippen molar-refractivity contribution in [3.63, 3.8) is 0 Å². The Balaban J connectivity index is 1.94. The fourth-order valence-corrected chi connectivity index (χ4v) is 1.42. The molecular formula is C15H13NO2. The van der Waals surface area contributed by atoms with E-state index in [-0.39, 0.29) is 6.61 Å². The molecule has 2 aromatic rings. The highest BCUT2D eigenvalue weighted by Gasteiger charge is 1.96. The lowest BCUT2D eigenvalue weighted by Gasteiger charge is -2.05. The Kier molecular flexibility index (Phi) is 4.34. The van der Waals surface area contributed by atoms with E-state index in [0.29, 0.717) is 6.61 Å². The van der Waals surface area contributed by atoms with Crippen molar-refractivity contribution in [2.45, 2.75) is 6.61 Å². The molecule has 1 aromatic carbocycles. The van der Waals surface area contributed by atoms with E-state index < -0.39 is 0 Å². The molecular weight excluding hydrogens is 226 g/mol. The highest BCUT2D eigenvalue weighted by atomic mass is 16.5. The molecule has 1 aromatic heterocycles. The molecule has 0 atom stereocenters. The fourth-order valence-electron chi connectivity index (χ4n) is 1.42. The smallest absolute Gasteiger partial charge is 0.130 e. The van der Waals surface area contributed by atoms with Crippen molar-refractivity contribution < 1.29 is 9.84 Å². The Morgan fingerprint density at radius 1 is 1.11 bits per heavy atom. The highest BCUT2D eigenvalue weighted by molar-refractivity contribution is 5.38. The number of ether oxygens (including phenoxy) is 1. The van der Waals surface area contributed by atoms with Crippen molar-refractivity contribution in [2.24, 2.45) is 0 Å². The van der Waals surface area contributed by atoms with Gasteiger partial charge in [-0.1, -0.05) is 17.9 Å². The Labute approximate surface area is 106 Å². The topological polar surface area (TPSA) is 42.4 Å². The zero-order valence-corrected chi connectivity index (χ0v) is 9.84. The third-order valence-corrected chi connectivity index (χ3v) is 2.28. The number of pyridine rings is 1. The van der Waals surface area contributed by atoms with Crippen LogP contribution in [0.25, 0.3) is 0 Å². The number of rotatable bonds is 3. The molecule has 0 amide bonds. The summed E-state index contributed by atoms with van der Waals surface area (Å²) in [6, 6.07) is 13.1. The van der Waals surface area contributed by atoms with Crippen molar-refractivity contribution in [1.29, 1.82) is 0 Å². The molecule has 1 N–H and O–H groups in total. The lowest BCUT2D eigenvalue weighted by molar-refractivity contribution is 0.301. The molecule has 90 valence electrons. The Morgan fingerprint density at radius 2 is 1.94 bits per heavy atom. The maximum atomic E-state index is 8.59. The van der Waals surface area contributed by atoms with Crippen LogP contribution in [0.15, 0.2) is 48.7 Å². The Morgan fingerprint density at radius 3 is 2.61 bits per heavy atom. The number of nitrogens with zero attached hydrogens (tertiary/aromatic N) is 1. The second-order valence-corrected chi connectivity index (χ2v) is 3.59. The van der Waals surface area contributed by atoms with Crippen molar-refractivity contribution in [2.75, 3.05) is 6.61 Å². The van der Waals surface area contributed by atoms with Gasteiger partial charge in [0, 0.05) is 11.8 Å². The first-order chi connectivity index (χ1) is 8.88. The lowest BCUT2D eigenvalue weighted by Crippen LogP contribution is -1.97. The molecule has 0 unspecified atom stereocenters. The maximum absolute atomic E-state index is 8.59. The van der Waals surface area contributed by atoms with Crippen molar-refractivity contribution in [1.82, 2.24) is 4.98 Å². The van der Waals surface area contributed by atoms with Gasteiger partial charge < -0.3 is 9.84 Å². The van der Waals surface area contributed by atoms with E-state index in [1.165, 1.54) is 0 Å². The van der Waals surface area contributed by atoms with Crippen LogP contribution in [0.4, 0.5) is 0 Å². The van der Waals surface area contributed by atoms with Gasteiger partial charge in [-0.3, -0.25) is 4.98 Å². The van der Waals surface area contributed by atoms with Gasteiger partial charge in [0.2, 0.25) is 0 Å². The second kappa shape index (κ2) is 6.43. The number of aliphatic hydroxyl groups excluding tert-OH is 1. The molecule has 0 aliphatic carbocycles. The molecule has 3 heteroatoms. The minimum Gasteiger partial charge on any atom is -0.487 e. The summed E-state index contributed by atoms with van der Waals surface area (Å²) in [5.74, 6) is 6.20. The molecule has 0 radical (unpaired) electrons. The number of hydrogen-bond donors (Lipinski definition) is 1. The summed E-state index contributed by atoms with van der Waals surface area (Å²) >= 11 is 0. The minimum atomic E-state index is -0.127. The standard InChI is InChI=1S/C15H13NO2/c17-11-3-4-13-6-8-15(9-7-13)18-12-14-5-1-2-10-16-14/h1-2,5-10,17H,11-12H2. The van der Waals surface area contributed by atoms with Gasteiger partial charge in [0.25, 0.3) is 0 Å². The summed E-state index contributed by atoms with van der Waals surface area (Å²) < 4.78 is 5.59. The lowest BCUT2D eigenvalue weighted by atomic mass is 10.2. The van der Waals surface area contributed by atoms with Crippen LogP contribution in [0.5, 0.6) is 5.75 Å². The zero-order valence-electron chi connectivity index (χ0n) is 9.84. The van der Waals surface area contributed by atoms with Crippen molar-refractivity contribution >= 4 is 0 Å². The quantitative estimate of drug-likeness (QED) is 0.833. The Hall–Kier alpha value is -2.31. The molecule has 0 saturated heterocycles.